The molecule has 0 aliphatic carbocycles. The number of nitrogens with zero attached hydrogens (tertiary/aromatic N) is 2. The Morgan fingerprint density at radius 3 is 2.77 bits per heavy atom. The number of carbonyl (C=O) groups excluding carboxylic acids is 2. The molecule has 8 heteroatoms. The lowest BCUT2D eigenvalue weighted by atomic mass is 10.1. The molecule has 156 valence electrons. The second kappa shape index (κ2) is 8.97. The third kappa shape index (κ3) is 4.11. The van der Waals surface area contributed by atoms with Crippen LogP contribution >= 0.6 is 22.7 Å². The minimum atomic E-state index is -0.764. The highest BCUT2D eigenvalue weighted by Gasteiger charge is 2.35. The van der Waals surface area contributed by atoms with Gasteiger partial charge in [0.05, 0.1) is 12.2 Å². The van der Waals surface area contributed by atoms with Gasteiger partial charge < -0.3 is 10.1 Å². The topological polar surface area (TPSA) is 71.5 Å². The van der Waals surface area contributed by atoms with Crippen molar-refractivity contribution in [3.8, 4) is 16.3 Å². The summed E-state index contributed by atoms with van der Waals surface area (Å²) in [6.07, 6.45) is 0.927. The van der Waals surface area contributed by atoms with Crippen LogP contribution in [0.15, 0.2) is 46.5 Å². The lowest BCUT2D eigenvalue weighted by molar-refractivity contribution is -0.128. The van der Waals surface area contributed by atoms with E-state index < -0.39 is 6.10 Å². The maximum atomic E-state index is 13.3. The molecule has 0 saturated carbocycles. The summed E-state index contributed by atoms with van der Waals surface area (Å²) >= 11 is 3.03. The molecule has 6 nitrogen and oxygen atoms in total. The molecule has 0 spiro atoms. The van der Waals surface area contributed by atoms with E-state index in [2.05, 4.69) is 10.3 Å². The summed E-state index contributed by atoms with van der Waals surface area (Å²) < 4.78 is 5.94. The Balaban J connectivity index is 1.59. The lowest BCUT2D eigenvalue weighted by Gasteiger charge is -2.34. The maximum Gasteiger partial charge on any atom is 0.278 e. The van der Waals surface area contributed by atoms with Crippen molar-refractivity contribution in [3.05, 3.63) is 52.2 Å². The number of ether oxygens (including phenoxy) is 1. The van der Waals surface area contributed by atoms with Gasteiger partial charge in [0.25, 0.3) is 11.8 Å². The first-order chi connectivity index (χ1) is 14.6. The van der Waals surface area contributed by atoms with Gasteiger partial charge in [-0.05, 0) is 36.4 Å². The average molecular weight is 442 g/mol. The standard InChI is InChI=1S/C22H23N3O3S2/c1-3-15(4-2)23-20(26)19-11-25(17-7-5-6-8-18(17)28-19)22(27)16-13-30-21(24-16)14-9-10-29-12-14/h5-10,12-13,15,19H,3-4,11H2,1-2H3,(H,23,26). The van der Waals surface area contributed by atoms with E-state index in [4.69, 9.17) is 4.74 Å². The smallest absolute Gasteiger partial charge is 0.278 e. The first-order valence-corrected chi connectivity index (χ1v) is 11.8. The van der Waals surface area contributed by atoms with Gasteiger partial charge in [0.15, 0.2) is 6.10 Å². The van der Waals surface area contributed by atoms with Gasteiger partial charge in [0.1, 0.15) is 16.5 Å². The number of thiophene rings is 1. The second-order valence-electron chi connectivity index (χ2n) is 7.06. The number of amides is 2. The van der Waals surface area contributed by atoms with Crippen LogP contribution in [0.1, 0.15) is 37.2 Å². The predicted molar refractivity (Wildman–Crippen MR) is 120 cm³/mol. The third-order valence-corrected chi connectivity index (χ3v) is 6.71. The first kappa shape index (κ1) is 20.6. The largest absolute Gasteiger partial charge is 0.477 e. The predicted octanol–water partition coefficient (Wildman–Crippen LogP) is 4.58. The fourth-order valence-electron chi connectivity index (χ4n) is 3.38. The van der Waals surface area contributed by atoms with Crippen molar-refractivity contribution >= 4 is 40.2 Å². The molecule has 1 aromatic carbocycles. The van der Waals surface area contributed by atoms with Crippen LogP contribution in [0.3, 0.4) is 0 Å². The van der Waals surface area contributed by atoms with Gasteiger partial charge in [-0.2, -0.15) is 11.3 Å². The number of nitrogens with one attached hydrogen (secondary N) is 1. The van der Waals surface area contributed by atoms with Crippen molar-refractivity contribution < 1.29 is 14.3 Å². The van der Waals surface area contributed by atoms with Gasteiger partial charge in [-0.15, -0.1) is 11.3 Å². The molecule has 0 radical (unpaired) electrons. The zero-order valence-corrected chi connectivity index (χ0v) is 18.5. The van der Waals surface area contributed by atoms with Crippen molar-refractivity contribution in [2.45, 2.75) is 38.8 Å². The first-order valence-electron chi connectivity index (χ1n) is 9.96. The van der Waals surface area contributed by atoms with Crippen LogP contribution in [0.25, 0.3) is 10.6 Å². The van der Waals surface area contributed by atoms with Crippen molar-refractivity contribution in [2.24, 2.45) is 0 Å². The Kier molecular flexibility index (Phi) is 6.15. The molecule has 0 fully saturated rings. The van der Waals surface area contributed by atoms with Gasteiger partial charge in [-0.1, -0.05) is 26.0 Å². The summed E-state index contributed by atoms with van der Waals surface area (Å²) in [5.41, 5.74) is 2.03. The van der Waals surface area contributed by atoms with Gasteiger partial charge in [0, 0.05) is 22.4 Å². The molecule has 0 bridgehead atoms. The highest BCUT2D eigenvalue weighted by molar-refractivity contribution is 7.14. The molecular weight excluding hydrogens is 418 g/mol. The monoisotopic (exact) mass is 441 g/mol. The zero-order valence-electron chi connectivity index (χ0n) is 16.8. The number of thiazole rings is 1. The highest BCUT2D eigenvalue weighted by Crippen LogP contribution is 2.35. The van der Waals surface area contributed by atoms with Crippen LogP contribution in [-0.4, -0.2) is 35.5 Å². The summed E-state index contributed by atoms with van der Waals surface area (Å²) in [6, 6.07) is 9.37. The van der Waals surface area contributed by atoms with Gasteiger partial charge >= 0.3 is 0 Å². The number of para-hydroxylation sites is 2. The molecule has 2 amide bonds. The van der Waals surface area contributed by atoms with E-state index in [-0.39, 0.29) is 24.4 Å². The van der Waals surface area contributed by atoms with E-state index in [9.17, 15) is 9.59 Å². The molecule has 1 N–H and O–H groups in total. The molecule has 1 atom stereocenters. The number of anilines is 1. The number of fused-ring (bicyclic) bond motifs is 1. The van der Waals surface area contributed by atoms with Crippen LogP contribution in [0.5, 0.6) is 5.75 Å². The quantitative estimate of drug-likeness (QED) is 0.608. The Hall–Kier alpha value is -2.71. The Morgan fingerprint density at radius 1 is 1.23 bits per heavy atom. The van der Waals surface area contributed by atoms with E-state index in [1.54, 1.807) is 27.7 Å². The number of aromatic nitrogens is 1. The highest BCUT2D eigenvalue weighted by atomic mass is 32.1. The molecule has 2 aromatic heterocycles. The lowest BCUT2D eigenvalue weighted by Crippen LogP contribution is -2.52. The van der Waals surface area contributed by atoms with E-state index in [1.165, 1.54) is 11.3 Å². The number of carbonyl (C=O) groups is 2. The van der Waals surface area contributed by atoms with E-state index in [1.807, 2.05) is 48.9 Å². The third-order valence-electron chi connectivity index (χ3n) is 5.13. The summed E-state index contributed by atoms with van der Waals surface area (Å²) in [7, 11) is 0. The number of hydrogen-bond donors (Lipinski definition) is 1. The van der Waals surface area contributed by atoms with Crippen LogP contribution in [0, 0.1) is 0 Å². The van der Waals surface area contributed by atoms with Crippen LogP contribution in [-0.2, 0) is 4.79 Å². The molecule has 3 heterocycles. The second-order valence-corrected chi connectivity index (χ2v) is 8.70. The Bertz CT molecular complexity index is 1030. The number of benzene rings is 1. The fraction of sp³-hybridized carbons (Fsp3) is 0.318. The van der Waals surface area contributed by atoms with Crippen molar-refractivity contribution in [1.29, 1.82) is 0 Å². The van der Waals surface area contributed by atoms with Gasteiger partial charge in [-0.3, -0.25) is 14.5 Å². The maximum absolute atomic E-state index is 13.3. The fourth-order valence-corrected chi connectivity index (χ4v) is 4.89. The van der Waals surface area contributed by atoms with E-state index in [0.717, 1.165) is 23.4 Å². The minimum absolute atomic E-state index is 0.0918. The summed E-state index contributed by atoms with van der Waals surface area (Å²) in [6.45, 7) is 4.22. The summed E-state index contributed by atoms with van der Waals surface area (Å²) in [5.74, 6) is 0.0899. The molecule has 0 saturated heterocycles. The van der Waals surface area contributed by atoms with Crippen LogP contribution < -0.4 is 15.0 Å². The normalized spacial score (nSPS) is 15.6. The van der Waals surface area contributed by atoms with Crippen LogP contribution in [0.4, 0.5) is 5.69 Å². The van der Waals surface area contributed by atoms with Gasteiger partial charge in [0.2, 0.25) is 0 Å². The molecule has 4 rings (SSSR count). The average Bonchev–Trinajstić information content (AvgIpc) is 3.48. The van der Waals surface area contributed by atoms with Gasteiger partial charge in [-0.25, -0.2) is 4.98 Å². The minimum Gasteiger partial charge on any atom is -0.477 e. The molecule has 1 unspecified atom stereocenters. The Morgan fingerprint density at radius 2 is 2.03 bits per heavy atom. The van der Waals surface area contributed by atoms with Crippen molar-refractivity contribution in [2.75, 3.05) is 11.4 Å². The summed E-state index contributed by atoms with van der Waals surface area (Å²) in [4.78, 5) is 32.3. The van der Waals surface area contributed by atoms with E-state index >= 15 is 0 Å². The van der Waals surface area contributed by atoms with Crippen LogP contribution in [0.2, 0.25) is 0 Å². The molecule has 1 aliphatic heterocycles. The van der Waals surface area contributed by atoms with Crippen molar-refractivity contribution in [1.82, 2.24) is 10.3 Å². The zero-order chi connectivity index (χ0) is 21.1. The molecule has 30 heavy (non-hydrogen) atoms. The molecule has 3 aromatic rings. The number of hydrogen-bond acceptors (Lipinski definition) is 6. The Labute approximate surface area is 183 Å². The SMILES string of the molecule is CCC(CC)NC(=O)C1CN(C(=O)c2csc(-c3ccsc3)n2)c2ccccc2O1. The number of rotatable bonds is 6. The summed E-state index contributed by atoms with van der Waals surface area (Å²) in [5, 5.41) is 9.60. The molecular formula is C22H23N3O3S2. The van der Waals surface area contributed by atoms with Crippen molar-refractivity contribution in [3.63, 3.8) is 0 Å². The van der Waals surface area contributed by atoms with E-state index in [0.29, 0.717) is 17.1 Å². The molecule has 1 aliphatic rings.